The number of para-hydroxylation sites is 1. The molecule has 0 atom stereocenters. The quantitative estimate of drug-likeness (QED) is 0.514. The van der Waals surface area contributed by atoms with Crippen molar-refractivity contribution < 1.29 is 4.39 Å². The number of hydrogen-bond donors (Lipinski definition) is 0. The molecule has 0 aliphatic carbocycles. The summed E-state index contributed by atoms with van der Waals surface area (Å²) in [6.07, 6.45) is 5.37. The van der Waals surface area contributed by atoms with E-state index in [1.54, 1.807) is 18.5 Å². The second-order valence-corrected chi connectivity index (χ2v) is 5.32. The molecule has 23 heavy (non-hydrogen) atoms. The van der Waals surface area contributed by atoms with Gasteiger partial charge in [-0.2, -0.15) is 0 Å². The highest BCUT2D eigenvalue weighted by molar-refractivity contribution is 6.01. The van der Waals surface area contributed by atoms with Gasteiger partial charge in [-0.25, -0.2) is 4.39 Å². The van der Waals surface area contributed by atoms with Crippen LogP contribution in [0.15, 0.2) is 79.3 Å². The Hall–Kier alpha value is -3.07. The molecule has 2 aromatic heterocycles. The van der Waals surface area contributed by atoms with Crippen molar-refractivity contribution in [3.8, 4) is 22.3 Å². The summed E-state index contributed by atoms with van der Waals surface area (Å²) in [6, 6.07) is 18.5. The SMILES string of the molecule is Fc1cccc(-c2cnc3ccccc3c2-c2cccnc2)c1. The van der Waals surface area contributed by atoms with Crippen molar-refractivity contribution in [1.29, 1.82) is 0 Å². The van der Waals surface area contributed by atoms with Crippen LogP contribution in [0.1, 0.15) is 0 Å². The molecule has 2 heterocycles. The highest BCUT2D eigenvalue weighted by atomic mass is 19.1. The molecule has 0 bridgehead atoms. The van der Waals surface area contributed by atoms with Crippen LogP contribution in [0.5, 0.6) is 0 Å². The van der Waals surface area contributed by atoms with Crippen LogP contribution in [-0.4, -0.2) is 9.97 Å². The number of halogens is 1. The minimum atomic E-state index is -0.257. The molecule has 0 aliphatic heterocycles. The molecule has 4 rings (SSSR count). The summed E-state index contributed by atoms with van der Waals surface area (Å²) in [6.45, 7) is 0. The number of hydrogen-bond acceptors (Lipinski definition) is 2. The number of pyridine rings is 2. The summed E-state index contributed by atoms with van der Waals surface area (Å²) >= 11 is 0. The summed E-state index contributed by atoms with van der Waals surface area (Å²) in [5.74, 6) is -0.257. The van der Waals surface area contributed by atoms with Gasteiger partial charge in [0.05, 0.1) is 5.52 Å². The molecule has 0 saturated heterocycles. The van der Waals surface area contributed by atoms with Crippen molar-refractivity contribution in [1.82, 2.24) is 9.97 Å². The molecule has 2 nitrogen and oxygen atoms in total. The largest absolute Gasteiger partial charge is 0.264 e. The Bertz CT molecular complexity index is 981. The van der Waals surface area contributed by atoms with E-state index in [0.29, 0.717) is 0 Å². The van der Waals surface area contributed by atoms with Crippen molar-refractivity contribution >= 4 is 10.9 Å². The molecule has 2 aromatic carbocycles. The van der Waals surface area contributed by atoms with E-state index < -0.39 is 0 Å². The minimum Gasteiger partial charge on any atom is -0.264 e. The summed E-state index contributed by atoms with van der Waals surface area (Å²) in [5, 5.41) is 1.03. The molecular weight excluding hydrogens is 287 g/mol. The topological polar surface area (TPSA) is 25.8 Å². The van der Waals surface area contributed by atoms with Crippen LogP contribution in [0.3, 0.4) is 0 Å². The first-order valence-corrected chi connectivity index (χ1v) is 7.37. The number of nitrogens with zero attached hydrogens (tertiary/aromatic N) is 2. The third-order valence-corrected chi connectivity index (χ3v) is 3.86. The number of rotatable bonds is 2. The van der Waals surface area contributed by atoms with E-state index in [4.69, 9.17) is 0 Å². The Kier molecular flexibility index (Phi) is 3.31. The van der Waals surface area contributed by atoms with E-state index in [1.807, 2.05) is 48.7 Å². The van der Waals surface area contributed by atoms with Crippen LogP contribution < -0.4 is 0 Å². The fourth-order valence-electron chi connectivity index (χ4n) is 2.84. The first kappa shape index (κ1) is 13.6. The maximum absolute atomic E-state index is 13.7. The summed E-state index contributed by atoms with van der Waals surface area (Å²) < 4.78 is 13.7. The first-order chi connectivity index (χ1) is 11.3. The normalized spacial score (nSPS) is 10.8. The van der Waals surface area contributed by atoms with E-state index in [0.717, 1.165) is 33.2 Å². The van der Waals surface area contributed by atoms with Crippen molar-refractivity contribution in [3.05, 3.63) is 85.1 Å². The zero-order chi connectivity index (χ0) is 15.6. The average Bonchev–Trinajstić information content (AvgIpc) is 2.61. The van der Waals surface area contributed by atoms with Gasteiger partial charge in [0.25, 0.3) is 0 Å². The molecule has 0 saturated carbocycles. The van der Waals surface area contributed by atoms with Crippen molar-refractivity contribution in [2.45, 2.75) is 0 Å². The lowest BCUT2D eigenvalue weighted by Gasteiger charge is -2.13. The predicted molar refractivity (Wildman–Crippen MR) is 90.4 cm³/mol. The minimum absolute atomic E-state index is 0.257. The van der Waals surface area contributed by atoms with Gasteiger partial charge in [-0.3, -0.25) is 9.97 Å². The van der Waals surface area contributed by atoms with Crippen molar-refractivity contribution in [2.75, 3.05) is 0 Å². The molecule has 110 valence electrons. The molecule has 0 radical (unpaired) electrons. The van der Waals surface area contributed by atoms with Crippen LogP contribution in [0.2, 0.25) is 0 Å². The smallest absolute Gasteiger partial charge is 0.123 e. The van der Waals surface area contributed by atoms with E-state index in [9.17, 15) is 4.39 Å². The van der Waals surface area contributed by atoms with Crippen LogP contribution in [0.4, 0.5) is 4.39 Å². The average molecular weight is 300 g/mol. The molecule has 4 aromatic rings. The maximum Gasteiger partial charge on any atom is 0.123 e. The van der Waals surface area contributed by atoms with Crippen LogP contribution in [-0.2, 0) is 0 Å². The number of fused-ring (bicyclic) bond motifs is 1. The Labute approximate surface area is 133 Å². The van der Waals surface area contributed by atoms with Gasteiger partial charge in [-0.1, -0.05) is 36.4 Å². The molecule has 3 heteroatoms. The van der Waals surface area contributed by atoms with Crippen LogP contribution in [0.25, 0.3) is 33.2 Å². The van der Waals surface area contributed by atoms with Gasteiger partial charge in [0.1, 0.15) is 5.82 Å². The molecule has 0 N–H and O–H groups in total. The monoisotopic (exact) mass is 300 g/mol. The lowest BCUT2D eigenvalue weighted by atomic mass is 9.93. The fraction of sp³-hybridized carbons (Fsp3) is 0. The van der Waals surface area contributed by atoms with Gasteiger partial charge in [0, 0.05) is 40.7 Å². The summed E-state index contributed by atoms with van der Waals surface area (Å²) in [4.78, 5) is 8.76. The second kappa shape index (κ2) is 5.61. The molecule has 0 fully saturated rings. The van der Waals surface area contributed by atoms with E-state index in [2.05, 4.69) is 9.97 Å². The lowest BCUT2D eigenvalue weighted by molar-refractivity contribution is 0.628. The predicted octanol–water partition coefficient (Wildman–Crippen LogP) is 5.10. The van der Waals surface area contributed by atoms with Crippen molar-refractivity contribution in [2.24, 2.45) is 0 Å². The van der Waals surface area contributed by atoms with Gasteiger partial charge >= 0.3 is 0 Å². The Morgan fingerprint density at radius 2 is 1.65 bits per heavy atom. The van der Waals surface area contributed by atoms with Crippen molar-refractivity contribution in [3.63, 3.8) is 0 Å². The maximum atomic E-state index is 13.7. The lowest BCUT2D eigenvalue weighted by Crippen LogP contribution is -1.91. The van der Waals surface area contributed by atoms with Crippen LogP contribution in [0, 0.1) is 5.82 Å². The first-order valence-electron chi connectivity index (χ1n) is 7.37. The summed E-state index contributed by atoms with van der Waals surface area (Å²) in [5.41, 5.74) is 4.63. The molecule has 0 aliphatic rings. The highest BCUT2D eigenvalue weighted by Gasteiger charge is 2.13. The Morgan fingerprint density at radius 3 is 2.48 bits per heavy atom. The standard InChI is InChI=1S/C20H13FN2/c21-16-7-3-5-14(11-16)18-13-23-19-9-2-1-8-17(19)20(18)15-6-4-10-22-12-15/h1-13H. The third kappa shape index (κ3) is 2.46. The zero-order valence-electron chi connectivity index (χ0n) is 12.3. The zero-order valence-corrected chi connectivity index (χ0v) is 12.3. The number of benzene rings is 2. The van der Waals surface area contributed by atoms with Gasteiger partial charge in [-0.05, 0) is 29.8 Å². The molecule has 0 spiro atoms. The summed E-state index contributed by atoms with van der Waals surface area (Å²) in [7, 11) is 0. The highest BCUT2D eigenvalue weighted by Crippen LogP contribution is 2.36. The second-order valence-electron chi connectivity index (χ2n) is 5.32. The third-order valence-electron chi connectivity index (χ3n) is 3.86. The molecule has 0 amide bonds. The molecule has 0 unspecified atom stereocenters. The van der Waals surface area contributed by atoms with Gasteiger partial charge in [-0.15, -0.1) is 0 Å². The van der Waals surface area contributed by atoms with E-state index >= 15 is 0 Å². The van der Waals surface area contributed by atoms with E-state index in [1.165, 1.54) is 12.1 Å². The van der Waals surface area contributed by atoms with Gasteiger partial charge in [0.15, 0.2) is 0 Å². The van der Waals surface area contributed by atoms with Gasteiger partial charge < -0.3 is 0 Å². The molecular formula is C20H13FN2. The number of aromatic nitrogens is 2. The Morgan fingerprint density at radius 1 is 0.783 bits per heavy atom. The fourth-order valence-corrected chi connectivity index (χ4v) is 2.84. The van der Waals surface area contributed by atoms with Crippen LogP contribution >= 0.6 is 0 Å². The van der Waals surface area contributed by atoms with E-state index in [-0.39, 0.29) is 5.82 Å². The Balaban J connectivity index is 2.09. The van der Waals surface area contributed by atoms with Gasteiger partial charge in [0.2, 0.25) is 0 Å².